The molecule has 3 atom stereocenters. The van der Waals surface area contributed by atoms with E-state index in [1.165, 1.54) is 0 Å². The van der Waals surface area contributed by atoms with Crippen molar-refractivity contribution in [3.63, 3.8) is 0 Å². The number of ether oxygens (including phenoxy) is 2. The number of aromatic hydroxyl groups is 3. The fourth-order valence-electron chi connectivity index (χ4n) is 6.15. The second kappa shape index (κ2) is 10.0. The average molecular weight is 529 g/mol. The van der Waals surface area contributed by atoms with Crippen molar-refractivity contribution in [3.05, 3.63) is 76.3 Å². The lowest BCUT2D eigenvalue weighted by Crippen LogP contribution is -2.58. The van der Waals surface area contributed by atoms with Crippen LogP contribution < -0.4 is 9.47 Å². The molecule has 0 amide bonds. The van der Waals surface area contributed by atoms with Crippen LogP contribution in [0.2, 0.25) is 0 Å². The van der Waals surface area contributed by atoms with E-state index in [1.807, 2.05) is 24.3 Å². The van der Waals surface area contributed by atoms with Gasteiger partial charge in [-0.2, -0.15) is 0 Å². The van der Waals surface area contributed by atoms with E-state index in [4.69, 9.17) is 9.47 Å². The van der Waals surface area contributed by atoms with Crippen molar-refractivity contribution in [1.82, 2.24) is 0 Å². The molecule has 1 aliphatic heterocycles. The summed E-state index contributed by atoms with van der Waals surface area (Å²) in [7, 11) is 1.63. The number of aliphatic hydroxyl groups is 1. The summed E-state index contributed by atoms with van der Waals surface area (Å²) in [6, 6.07) is 13.9. The van der Waals surface area contributed by atoms with Crippen LogP contribution in [0.1, 0.15) is 61.4 Å². The summed E-state index contributed by atoms with van der Waals surface area (Å²) >= 11 is 0. The summed E-state index contributed by atoms with van der Waals surface area (Å²) in [4.78, 5) is 0. The predicted molar refractivity (Wildman–Crippen MR) is 154 cm³/mol. The maximum Gasteiger partial charge on any atom is 0.165 e. The van der Waals surface area contributed by atoms with Crippen LogP contribution in [-0.4, -0.2) is 39.2 Å². The first-order chi connectivity index (χ1) is 18.5. The predicted octanol–water partition coefficient (Wildman–Crippen LogP) is 6.64. The fraction of sp³-hybridized carbons (Fsp3) is 0.333. The summed E-state index contributed by atoms with van der Waals surface area (Å²) in [5.41, 5.74) is 2.97. The Hall–Kier alpha value is -3.90. The molecule has 0 bridgehead atoms. The van der Waals surface area contributed by atoms with Crippen LogP contribution in [0, 0.1) is 11.3 Å². The van der Waals surface area contributed by atoms with Crippen molar-refractivity contribution in [2.45, 2.75) is 51.7 Å². The maximum atomic E-state index is 10.7. The molecule has 3 aromatic rings. The highest BCUT2D eigenvalue weighted by Crippen LogP contribution is 2.55. The first-order valence-electron chi connectivity index (χ1n) is 13.3. The standard InChI is InChI=1S/C33H36O6/c1-32(2)29-19-23-14-21(18-28(38-4)31(23)39-33(29,3)13-12-30(32)37)8-9-22-16-26(35)25(27(36)17-22)11-10-20-6-5-7-24(34)15-20/h5-11,14-18,29-30,34-37H,12-13,19H2,1-4H3/b9-8+,11-10+/t29-,30-,33-/m1/s1. The van der Waals surface area contributed by atoms with Gasteiger partial charge in [0.05, 0.1) is 18.8 Å². The largest absolute Gasteiger partial charge is 0.508 e. The third kappa shape index (κ3) is 5.09. The molecule has 0 unspecified atom stereocenters. The third-order valence-electron chi connectivity index (χ3n) is 8.48. The number of rotatable bonds is 5. The van der Waals surface area contributed by atoms with Gasteiger partial charge in [0, 0.05) is 5.92 Å². The summed E-state index contributed by atoms with van der Waals surface area (Å²) in [5, 5.41) is 41.6. The minimum Gasteiger partial charge on any atom is -0.508 e. The molecule has 0 spiro atoms. The highest BCUT2D eigenvalue weighted by Gasteiger charge is 2.54. The Kier molecular flexibility index (Phi) is 6.85. The lowest BCUT2D eigenvalue weighted by molar-refractivity contribution is -0.138. The molecule has 1 aliphatic carbocycles. The molecule has 0 radical (unpaired) electrons. The molecule has 39 heavy (non-hydrogen) atoms. The van der Waals surface area contributed by atoms with Crippen LogP contribution in [0.15, 0.2) is 48.5 Å². The van der Waals surface area contributed by atoms with Crippen molar-refractivity contribution in [3.8, 4) is 28.7 Å². The van der Waals surface area contributed by atoms with E-state index in [1.54, 1.807) is 49.6 Å². The molecule has 5 rings (SSSR count). The van der Waals surface area contributed by atoms with Crippen molar-refractivity contribution in [1.29, 1.82) is 0 Å². The molecule has 0 aromatic heterocycles. The Morgan fingerprint density at radius 1 is 0.872 bits per heavy atom. The van der Waals surface area contributed by atoms with Crippen LogP contribution in [0.5, 0.6) is 28.7 Å². The molecule has 3 aromatic carbocycles. The molecule has 1 saturated carbocycles. The van der Waals surface area contributed by atoms with Crippen LogP contribution in [-0.2, 0) is 6.42 Å². The van der Waals surface area contributed by atoms with E-state index in [-0.39, 0.29) is 40.3 Å². The summed E-state index contributed by atoms with van der Waals surface area (Å²) in [5.74, 6) is 1.61. The quantitative estimate of drug-likeness (QED) is 0.277. The number of phenolic OH excluding ortho intramolecular Hbond substituents is 3. The van der Waals surface area contributed by atoms with Crippen molar-refractivity contribution >= 4 is 24.3 Å². The third-order valence-corrected chi connectivity index (χ3v) is 8.48. The molecular weight excluding hydrogens is 492 g/mol. The van der Waals surface area contributed by atoms with E-state index in [0.29, 0.717) is 23.3 Å². The van der Waals surface area contributed by atoms with E-state index < -0.39 is 0 Å². The number of phenols is 3. The van der Waals surface area contributed by atoms with E-state index in [2.05, 4.69) is 26.8 Å². The molecule has 2 aliphatic rings. The molecule has 1 fully saturated rings. The van der Waals surface area contributed by atoms with E-state index >= 15 is 0 Å². The maximum absolute atomic E-state index is 10.7. The SMILES string of the molecule is COc1cc(/C=C/c2cc(O)c(/C=C/c3cccc(O)c3)c(O)c2)cc2c1O[C@]1(C)CC[C@@H](O)C(C)(C)[C@H]1C2. The number of benzene rings is 3. The minimum atomic E-state index is -0.372. The van der Waals surface area contributed by atoms with Gasteiger partial charge in [0.15, 0.2) is 11.5 Å². The smallest absolute Gasteiger partial charge is 0.165 e. The molecular formula is C33H36O6. The van der Waals surface area contributed by atoms with Crippen molar-refractivity contribution in [2.24, 2.45) is 11.3 Å². The number of aliphatic hydroxyl groups excluding tert-OH is 1. The average Bonchev–Trinajstić information content (AvgIpc) is 2.88. The Labute approximate surface area is 229 Å². The first kappa shape index (κ1) is 26.7. The zero-order valence-corrected chi connectivity index (χ0v) is 22.8. The Morgan fingerprint density at radius 3 is 2.21 bits per heavy atom. The van der Waals surface area contributed by atoms with Gasteiger partial charge in [0.1, 0.15) is 22.8 Å². The van der Waals surface area contributed by atoms with Gasteiger partial charge >= 0.3 is 0 Å². The van der Waals surface area contributed by atoms with Crippen LogP contribution >= 0.6 is 0 Å². The monoisotopic (exact) mass is 528 g/mol. The minimum absolute atomic E-state index is 0.0557. The zero-order chi connectivity index (χ0) is 27.9. The van der Waals surface area contributed by atoms with Gasteiger partial charge in [-0.1, -0.05) is 44.2 Å². The van der Waals surface area contributed by atoms with E-state index in [9.17, 15) is 20.4 Å². The highest BCUT2D eigenvalue weighted by molar-refractivity contribution is 5.79. The molecule has 6 heteroatoms. The van der Waals surface area contributed by atoms with Crippen molar-refractivity contribution < 1.29 is 29.9 Å². The van der Waals surface area contributed by atoms with Crippen LogP contribution in [0.4, 0.5) is 0 Å². The van der Waals surface area contributed by atoms with Gasteiger partial charge in [0.25, 0.3) is 0 Å². The van der Waals surface area contributed by atoms with Gasteiger partial charge in [-0.15, -0.1) is 0 Å². The van der Waals surface area contributed by atoms with Gasteiger partial charge < -0.3 is 29.9 Å². The molecule has 1 heterocycles. The van der Waals surface area contributed by atoms with Gasteiger partial charge in [0.2, 0.25) is 0 Å². The molecule has 204 valence electrons. The fourth-order valence-corrected chi connectivity index (χ4v) is 6.15. The van der Waals surface area contributed by atoms with Crippen LogP contribution in [0.25, 0.3) is 24.3 Å². The highest BCUT2D eigenvalue weighted by atomic mass is 16.5. The zero-order valence-electron chi connectivity index (χ0n) is 22.8. The van der Waals surface area contributed by atoms with Gasteiger partial charge in [-0.25, -0.2) is 0 Å². The number of fused-ring (bicyclic) bond motifs is 2. The summed E-state index contributed by atoms with van der Waals surface area (Å²) in [6.45, 7) is 6.39. The van der Waals surface area contributed by atoms with E-state index in [0.717, 1.165) is 35.3 Å². The van der Waals surface area contributed by atoms with Crippen LogP contribution in [0.3, 0.4) is 0 Å². The Morgan fingerprint density at radius 2 is 1.54 bits per heavy atom. The normalized spacial score (nSPS) is 23.8. The topological polar surface area (TPSA) is 99.4 Å². The van der Waals surface area contributed by atoms with Gasteiger partial charge in [-0.05, 0) is 96.3 Å². The molecule has 4 N–H and O–H groups in total. The lowest BCUT2D eigenvalue weighted by atomic mass is 9.57. The number of methoxy groups -OCH3 is 1. The lowest BCUT2D eigenvalue weighted by Gasteiger charge is -2.55. The Bertz CT molecular complexity index is 1430. The van der Waals surface area contributed by atoms with Gasteiger partial charge in [-0.3, -0.25) is 0 Å². The second-order valence-corrected chi connectivity index (χ2v) is 11.5. The number of hydrogen-bond acceptors (Lipinski definition) is 6. The summed E-state index contributed by atoms with van der Waals surface area (Å²) < 4.78 is 12.3. The number of hydrogen-bond donors (Lipinski definition) is 4. The molecule has 6 nitrogen and oxygen atoms in total. The molecule has 0 saturated heterocycles. The first-order valence-corrected chi connectivity index (χ1v) is 13.3. The second-order valence-electron chi connectivity index (χ2n) is 11.5. The van der Waals surface area contributed by atoms with Crippen molar-refractivity contribution in [2.75, 3.05) is 7.11 Å². The summed E-state index contributed by atoms with van der Waals surface area (Å²) in [6.07, 6.45) is 8.96. The Balaban J connectivity index is 1.42.